The van der Waals surface area contributed by atoms with Gasteiger partial charge in [0.15, 0.2) is 11.5 Å². The molecule has 2 heterocycles. The van der Waals surface area contributed by atoms with Crippen LogP contribution in [-0.4, -0.2) is 26.7 Å². The first kappa shape index (κ1) is 13.5. The van der Waals surface area contributed by atoms with Gasteiger partial charge in [0.25, 0.3) is 0 Å². The zero-order valence-corrected chi connectivity index (χ0v) is 12.7. The Bertz CT molecular complexity index is 1090. The number of aryl methyl sites for hydroxylation is 1. The first-order valence-electron chi connectivity index (χ1n) is 7.19. The third-order valence-corrected chi connectivity index (χ3v) is 3.79. The number of H-pyrrole nitrogens is 1. The number of hydrogen-bond acceptors (Lipinski definition) is 4. The fourth-order valence-electron chi connectivity index (χ4n) is 2.64. The van der Waals surface area contributed by atoms with Crippen LogP contribution < -0.4 is 10.4 Å². The molecule has 23 heavy (non-hydrogen) atoms. The van der Waals surface area contributed by atoms with Gasteiger partial charge in [-0.15, -0.1) is 5.10 Å². The molecule has 0 aliphatic heterocycles. The van der Waals surface area contributed by atoms with Gasteiger partial charge >= 0.3 is 5.69 Å². The van der Waals surface area contributed by atoms with Gasteiger partial charge < -0.3 is 9.72 Å². The van der Waals surface area contributed by atoms with Crippen LogP contribution in [0.4, 0.5) is 0 Å². The van der Waals surface area contributed by atoms with Crippen molar-refractivity contribution in [2.45, 2.75) is 6.92 Å². The molecule has 4 aromatic rings. The van der Waals surface area contributed by atoms with Crippen LogP contribution in [0.5, 0.6) is 5.75 Å². The predicted octanol–water partition coefficient (Wildman–Crippen LogP) is 2.55. The van der Waals surface area contributed by atoms with Crippen LogP contribution in [0.2, 0.25) is 0 Å². The Balaban J connectivity index is 2.02. The lowest BCUT2D eigenvalue weighted by Crippen LogP contribution is -2.17. The second-order valence-electron chi connectivity index (χ2n) is 5.38. The van der Waals surface area contributed by atoms with E-state index in [1.54, 1.807) is 7.11 Å². The summed E-state index contributed by atoms with van der Waals surface area (Å²) in [7, 11) is 1.61. The molecule has 0 aliphatic rings. The molecule has 0 spiro atoms. The van der Waals surface area contributed by atoms with Crippen molar-refractivity contribution in [3.05, 3.63) is 58.5 Å². The van der Waals surface area contributed by atoms with E-state index in [2.05, 4.69) is 15.1 Å². The van der Waals surface area contributed by atoms with Gasteiger partial charge in [-0.25, -0.2) is 9.78 Å². The average Bonchev–Trinajstić information content (AvgIpc) is 3.01. The Morgan fingerprint density at radius 2 is 2.04 bits per heavy atom. The lowest BCUT2D eigenvalue weighted by molar-refractivity contribution is 0.415. The summed E-state index contributed by atoms with van der Waals surface area (Å²) in [5.74, 6) is 1.21. The molecule has 1 N–H and O–H groups in total. The smallest absolute Gasteiger partial charge is 0.348 e. The minimum Gasteiger partial charge on any atom is -0.497 e. The van der Waals surface area contributed by atoms with Crippen LogP contribution >= 0.6 is 0 Å². The molecule has 0 saturated carbocycles. The highest BCUT2D eigenvalue weighted by Crippen LogP contribution is 2.23. The molecule has 0 radical (unpaired) electrons. The molecule has 2 aromatic heterocycles. The monoisotopic (exact) mass is 306 g/mol. The van der Waals surface area contributed by atoms with Crippen LogP contribution in [0, 0.1) is 6.92 Å². The standard InChI is InChI=1S/C17H14N4O2/c1-10-6-7-13-14(8-10)18-17(22)21-16(13)19-15(20-21)11-4-3-5-12(9-11)23-2/h3-9H,1-2H3,(H,18,22). The predicted molar refractivity (Wildman–Crippen MR) is 87.8 cm³/mol. The first-order chi connectivity index (χ1) is 11.2. The normalized spacial score (nSPS) is 11.2. The maximum absolute atomic E-state index is 12.3. The highest BCUT2D eigenvalue weighted by molar-refractivity contribution is 5.91. The number of hydrogen-bond donors (Lipinski definition) is 1. The van der Waals surface area contributed by atoms with Gasteiger partial charge in [-0.05, 0) is 36.8 Å². The van der Waals surface area contributed by atoms with E-state index in [1.807, 2.05) is 49.4 Å². The summed E-state index contributed by atoms with van der Waals surface area (Å²) < 4.78 is 6.53. The summed E-state index contributed by atoms with van der Waals surface area (Å²) in [6.45, 7) is 1.98. The van der Waals surface area contributed by atoms with Gasteiger partial charge in [0, 0.05) is 10.9 Å². The van der Waals surface area contributed by atoms with E-state index in [0.717, 1.165) is 27.8 Å². The van der Waals surface area contributed by atoms with Crippen LogP contribution in [0.1, 0.15) is 5.56 Å². The molecule has 0 unspecified atom stereocenters. The topological polar surface area (TPSA) is 72.3 Å². The van der Waals surface area contributed by atoms with Crippen LogP contribution in [-0.2, 0) is 0 Å². The minimum atomic E-state index is -0.306. The molecular weight excluding hydrogens is 292 g/mol. The zero-order valence-electron chi connectivity index (χ0n) is 12.7. The largest absolute Gasteiger partial charge is 0.497 e. The van der Waals surface area contributed by atoms with E-state index >= 15 is 0 Å². The number of rotatable bonds is 2. The Kier molecular flexibility index (Phi) is 2.90. The molecule has 0 atom stereocenters. The first-order valence-corrected chi connectivity index (χ1v) is 7.19. The van der Waals surface area contributed by atoms with E-state index in [1.165, 1.54) is 4.52 Å². The van der Waals surface area contributed by atoms with E-state index in [-0.39, 0.29) is 5.69 Å². The summed E-state index contributed by atoms with van der Waals surface area (Å²) >= 11 is 0. The lowest BCUT2D eigenvalue weighted by atomic mass is 10.2. The Morgan fingerprint density at radius 1 is 1.17 bits per heavy atom. The van der Waals surface area contributed by atoms with Crippen molar-refractivity contribution < 1.29 is 4.74 Å². The van der Waals surface area contributed by atoms with Gasteiger partial charge in [-0.1, -0.05) is 18.2 Å². The number of benzene rings is 2. The molecule has 4 rings (SSSR count). The lowest BCUT2D eigenvalue weighted by Gasteiger charge is -2.00. The molecule has 6 heteroatoms. The Hall–Kier alpha value is -3.15. The van der Waals surface area contributed by atoms with Crippen molar-refractivity contribution in [3.63, 3.8) is 0 Å². The van der Waals surface area contributed by atoms with Gasteiger partial charge in [0.1, 0.15) is 5.75 Å². The number of aromatic nitrogens is 4. The van der Waals surface area contributed by atoms with Crippen molar-refractivity contribution in [3.8, 4) is 17.1 Å². The van der Waals surface area contributed by atoms with Crippen LogP contribution in [0.25, 0.3) is 27.9 Å². The van der Waals surface area contributed by atoms with Crippen molar-refractivity contribution in [1.82, 2.24) is 19.6 Å². The molecule has 0 bridgehead atoms. The Morgan fingerprint density at radius 3 is 2.87 bits per heavy atom. The fourth-order valence-corrected chi connectivity index (χ4v) is 2.64. The molecule has 0 aliphatic carbocycles. The van der Waals surface area contributed by atoms with Crippen LogP contribution in [0.15, 0.2) is 47.3 Å². The summed E-state index contributed by atoms with van der Waals surface area (Å²) in [5, 5.41) is 5.19. The fraction of sp³-hybridized carbons (Fsp3) is 0.118. The highest BCUT2D eigenvalue weighted by atomic mass is 16.5. The molecule has 6 nitrogen and oxygen atoms in total. The average molecular weight is 306 g/mol. The molecule has 0 amide bonds. The van der Waals surface area contributed by atoms with E-state index in [9.17, 15) is 4.79 Å². The number of fused-ring (bicyclic) bond motifs is 3. The second kappa shape index (κ2) is 4.95. The maximum Gasteiger partial charge on any atom is 0.348 e. The van der Waals surface area contributed by atoms with Crippen LogP contribution in [0.3, 0.4) is 0 Å². The van der Waals surface area contributed by atoms with E-state index in [0.29, 0.717) is 11.5 Å². The number of nitrogens with zero attached hydrogens (tertiary/aromatic N) is 3. The summed E-state index contributed by atoms with van der Waals surface area (Å²) in [6.07, 6.45) is 0. The van der Waals surface area contributed by atoms with Gasteiger partial charge in [-0.3, -0.25) is 0 Å². The maximum atomic E-state index is 12.3. The van der Waals surface area contributed by atoms with E-state index in [4.69, 9.17) is 4.74 Å². The quantitative estimate of drug-likeness (QED) is 0.618. The van der Waals surface area contributed by atoms with Crippen molar-refractivity contribution in [1.29, 1.82) is 0 Å². The third kappa shape index (κ3) is 2.15. The number of aromatic amines is 1. The molecule has 0 fully saturated rings. The summed E-state index contributed by atoms with van der Waals surface area (Å²) in [6, 6.07) is 13.3. The SMILES string of the molecule is COc1cccc(-c2nc3c4ccc(C)cc4[nH]c(=O)n3n2)c1. The van der Waals surface area contributed by atoms with Crippen molar-refractivity contribution >= 4 is 16.6 Å². The summed E-state index contributed by atoms with van der Waals surface area (Å²) in [4.78, 5) is 19.6. The molecule has 0 saturated heterocycles. The third-order valence-electron chi connectivity index (χ3n) is 3.79. The number of nitrogens with one attached hydrogen (secondary N) is 1. The van der Waals surface area contributed by atoms with Crippen molar-refractivity contribution in [2.24, 2.45) is 0 Å². The minimum absolute atomic E-state index is 0.306. The van der Waals surface area contributed by atoms with Gasteiger partial charge in [0.2, 0.25) is 0 Å². The highest BCUT2D eigenvalue weighted by Gasteiger charge is 2.12. The summed E-state index contributed by atoms with van der Waals surface area (Å²) in [5.41, 5.74) is 2.87. The van der Waals surface area contributed by atoms with Gasteiger partial charge in [0.05, 0.1) is 12.6 Å². The van der Waals surface area contributed by atoms with Gasteiger partial charge in [-0.2, -0.15) is 4.52 Å². The number of ether oxygens (including phenoxy) is 1. The van der Waals surface area contributed by atoms with E-state index < -0.39 is 0 Å². The second-order valence-corrected chi connectivity index (χ2v) is 5.38. The molecule has 114 valence electrons. The molecular formula is C17H14N4O2. The van der Waals surface area contributed by atoms with Crippen molar-refractivity contribution in [2.75, 3.05) is 7.11 Å². The molecule has 2 aromatic carbocycles. The Labute approximate surface area is 131 Å². The number of methoxy groups -OCH3 is 1. The zero-order chi connectivity index (χ0) is 16.0.